The zero-order valence-electron chi connectivity index (χ0n) is 8.81. The molecule has 0 aliphatic carbocycles. The van der Waals surface area contributed by atoms with Crippen LogP contribution in [0.5, 0.6) is 5.75 Å². The second-order valence-electron chi connectivity index (χ2n) is 3.71. The first-order valence-electron chi connectivity index (χ1n) is 5.02. The van der Waals surface area contributed by atoms with Gasteiger partial charge in [-0.1, -0.05) is 11.6 Å². The molecular formula is C11H10ClN3O2. The Balaban J connectivity index is 2.19. The average Bonchev–Trinajstić information content (AvgIpc) is 2.30. The van der Waals surface area contributed by atoms with Gasteiger partial charge < -0.3 is 15.8 Å². The monoisotopic (exact) mass is 251 g/mol. The third-order valence-corrected chi connectivity index (χ3v) is 2.63. The van der Waals surface area contributed by atoms with Crippen molar-refractivity contribution in [1.29, 1.82) is 5.26 Å². The van der Waals surface area contributed by atoms with Gasteiger partial charge in [-0.2, -0.15) is 5.26 Å². The summed E-state index contributed by atoms with van der Waals surface area (Å²) in [5, 5.41) is 11.8. The van der Waals surface area contributed by atoms with Gasteiger partial charge in [-0.3, -0.25) is 4.79 Å². The van der Waals surface area contributed by atoms with Gasteiger partial charge in [0, 0.05) is 11.4 Å². The van der Waals surface area contributed by atoms with Crippen molar-refractivity contribution in [3.8, 4) is 11.8 Å². The third-order valence-electron chi connectivity index (χ3n) is 2.39. The van der Waals surface area contributed by atoms with E-state index >= 15 is 0 Å². The number of amides is 1. The predicted molar refractivity (Wildman–Crippen MR) is 62.7 cm³/mol. The molecule has 5 nitrogen and oxygen atoms in total. The Hall–Kier alpha value is -1.77. The van der Waals surface area contributed by atoms with Gasteiger partial charge in [0.05, 0.1) is 17.8 Å². The first-order chi connectivity index (χ1) is 8.10. The summed E-state index contributed by atoms with van der Waals surface area (Å²) in [6.45, 7) is 0. The topological polar surface area (TPSA) is 88.1 Å². The minimum absolute atomic E-state index is 0.157. The fourth-order valence-corrected chi connectivity index (χ4v) is 1.73. The SMILES string of the molecule is N#C[C@H](N)C[C@@H]1Oc2ccc(Cl)cc2NC1=O. The first kappa shape index (κ1) is 11.7. The molecule has 0 fully saturated rings. The maximum Gasteiger partial charge on any atom is 0.265 e. The molecule has 1 aliphatic heterocycles. The lowest BCUT2D eigenvalue weighted by Crippen LogP contribution is -2.40. The van der Waals surface area contributed by atoms with Gasteiger partial charge in [-0.25, -0.2) is 0 Å². The van der Waals surface area contributed by atoms with E-state index in [-0.39, 0.29) is 12.3 Å². The van der Waals surface area contributed by atoms with Gasteiger partial charge in [-0.15, -0.1) is 0 Å². The van der Waals surface area contributed by atoms with Crippen molar-refractivity contribution in [2.45, 2.75) is 18.6 Å². The van der Waals surface area contributed by atoms with E-state index in [1.165, 1.54) is 0 Å². The second-order valence-corrected chi connectivity index (χ2v) is 4.14. The Labute approximate surface area is 103 Å². The molecule has 1 aromatic rings. The van der Waals surface area contributed by atoms with E-state index < -0.39 is 12.1 Å². The van der Waals surface area contributed by atoms with Crippen molar-refractivity contribution in [3.63, 3.8) is 0 Å². The number of carbonyl (C=O) groups excluding carboxylic acids is 1. The molecule has 3 N–H and O–H groups in total. The van der Waals surface area contributed by atoms with Crippen molar-refractivity contribution >= 4 is 23.2 Å². The number of nitriles is 1. The molecular weight excluding hydrogens is 242 g/mol. The van der Waals surface area contributed by atoms with Crippen LogP contribution in [0.2, 0.25) is 5.02 Å². The highest BCUT2D eigenvalue weighted by Crippen LogP contribution is 2.32. The molecule has 0 radical (unpaired) electrons. The van der Waals surface area contributed by atoms with Crippen LogP contribution in [-0.4, -0.2) is 18.1 Å². The van der Waals surface area contributed by atoms with Crippen LogP contribution in [0.25, 0.3) is 0 Å². The number of benzene rings is 1. The van der Waals surface area contributed by atoms with Gasteiger partial charge in [0.15, 0.2) is 6.10 Å². The van der Waals surface area contributed by atoms with Gasteiger partial charge in [0.2, 0.25) is 0 Å². The minimum Gasteiger partial charge on any atom is -0.478 e. The first-order valence-corrected chi connectivity index (χ1v) is 5.40. The number of halogens is 1. The molecule has 2 atom stereocenters. The van der Waals surface area contributed by atoms with E-state index in [1.54, 1.807) is 18.2 Å². The van der Waals surface area contributed by atoms with Crippen molar-refractivity contribution in [2.24, 2.45) is 5.73 Å². The number of hydrogen-bond acceptors (Lipinski definition) is 4. The van der Waals surface area contributed by atoms with E-state index in [4.69, 9.17) is 27.3 Å². The lowest BCUT2D eigenvalue weighted by Gasteiger charge is -2.26. The molecule has 0 saturated heterocycles. The average molecular weight is 252 g/mol. The van der Waals surface area contributed by atoms with E-state index in [9.17, 15) is 4.79 Å². The smallest absolute Gasteiger partial charge is 0.265 e. The predicted octanol–water partition coefficient (Wildman–Crippen LogP) is 1.28. The maximum absolute atomic E-state index is 11.7. The molecule has 88 valence electrons. The quantitative estimate of drug-likeness (QED) is 0.829. The van der Waals surface area contributed by atoms with E-state index in [0.29, 0.717) is 16.5 Å². The summed E-state index contributed by atoms with van der Waals surface area (Å²) in [5.41, 5.74) is 6.00. The lowest BCUT2D eigenvalue weighted by atomic mass is 10.1. The van der Waals surface area contributed by atoms with Crippen LogP contribution < -0.4 is 15.8 Å². The summed E-state index contributed by atoms with van der Waals surface area (Å²) < 4.78 is 5.47. The number of rotatable bonds is 2. The Kier molecular flexibility index (Phi) is 3.18. The van der Waals surface area contributed by atoms with Crippen LogP contribution in [-0.2, 0) is 4.79 Å². The fraction of sp³-hybridized carbons (Fsp3) is 0.273. The maximum atomic E-state index is 11.7. The number of nitrogens with one attached hydrogen (secondary N) is 1. The molecule has 1 aromatic carbocycles. The summed E-state index contributed by atoms with van der Waals surface area (Å²) in [4.78, 5) is 11.7. The third kappa shape index (κ3) is 2.49. The Bertz CT molecular complexity index is 498. The fourth-order valence-electron chi connectivity index (χ4n) is 1.56. The van der Waals surface area contributed by atoms with E-state index in [0.717, 1.165) is 0 Å². The standard InChI is InChI=1S/C11H10ClN3O2/c12-6-1-2-9-8(3-6)15-11(16)10(17-9)4-7(14)5-13/h1-3,7,10H,4,14H2,(H,15,16)/t7-,10+/m1/s1. The van der Waals surface area contributed by atoms with Crippen LogP contribution in [0, 0.1) is 11.3 Å². The zero-order chi connectivity index (χ0) is 12.4. The van der Waals surface area contributed by atoms with Crippen LogP contribution in [0.15, 0.2) is 18.2 Å². The van der Waals surface area contributed by atoms with Gasteiger partial charge in [0.1, 0.15) is 5.75 Å². The minimum atomic E-state index is -0.738. The largest absolute Gasteiger partial charge is 0.478 e. The number of carbonyl (C=O) groups is 1. The number of ether oxygens (including phenoxy) is 1. The Morgan fingerprint density at radius 1 is 1.65 bits per heavy atom. The van der Waals surface area contributed by atoms with Crippen molar-refractivity contribution in [1.82, 2.24) is 0 Å². The molecule has 1 aliphatic rings. The zero-order valence-corrected chi connectivity index (χ0v) is 9.57. The number of anilines is 1. The highest BCUT2D eigenvalue weighted by molar-refractivity contribution is 6.31. The highest BCUT2D eigenvalue weighted by atomic mass is 35.5. The molecule has 0 unspecified atom stereocenters. The molecule has 17 heavy (non-hydrogen) atoms. The van der Waals surface area contributed by atoms with Gasteiger partial charge in [-0.05, 0) is 18.2 Å². The normalized spacial score (nSPS) is 19.6. The van der Waals surface area contributed by atoms with Crippen molar-refractivity contribution < 1.29 is 9.53 Å². The Morgan fingerprint density at radius 2 is 2.41 bits per heavy atom. The van der Waals surface area contributed by atoms with E-state index in [2.05, 4.69) is 5.32 Å². The Morgan fingerprint density at radius 3 is 3.12 bits per heavy atom. The van der Waals surface area contributed by atoms with Crippen LogP contribution in [0.3, 0.4) is 0 Å². The molecule has 1 heterocycles. The summed E-state index contributed by atoms with van der Waals surface area (Å²) in [6, 6.07) is 6.08. The van der Waals surface area contributed by atoms with Gasteiger partial charge in [0.25, 0.3) is 5.91 Å². The van der Waals surface area contributed by atoms with Crippen molar-refractivity contribution in [3.05, 3.63) is 23.2 Å². The highest BCUT2D eigenvalue weighted by Gasteiger charge is 2.29. The number of fused-ring (bicyclic) bond motifs is 1. The summed E-state index contributed by atoms with van der Waals surface area (Å²) >= 11 is 5.80. The van der Waals surface area contributed by atoms with Crippen molar-refractivity contribution in [2.75, 3.05) is 5.32 Å². The summed E-state index contributed by atoms with van der Waals surface area (Å²) in [7, 11) is 0. The molecule has 1 amide bonds. The number of nitrogens with two attached hydrogens (primary N) is 1. The number of nitrogens with zero attached hydrogens (tertiary/aromatic N) is 1. The van der Waals surface area contributed by atoms with E-state index in [1.807, 2.05) is 6.07 Å². The lowest BCUT2D eigenvalue weighted by molar-refractivity contribution is -0.123. The molecule has 2 rings (SSSR count). The second kappa shape index (κ2) is 4.62. The van der Waals surface area contributed by atoms with Crippen LogP contribution in [0.1, 0.15) is 6.42 Å². The molecule has 6 heteroatoms. The molecule has 0 aromatic heterocycles. The van der Waals surface area contributed by atoms with Crippen LogP contribution >= 0.6 is 11.6 Å². The van der Waals surface area contributed by atoms with Gasteiger partial charge >= 0.3 is 0 Å². The summed E-state index contributed by atoms with van der Waals surface area (Å²) in [5.74, 6) is 0.217. The number of hydrogen-bond donors (Lipinski definition) is 2. The molecule has 0 saturated carbocycles. The molecule has 0 bridgehead atoms. The summed E-state index contributed by atoms with van der Waals surface area (Å²) in [6.07, 6.45) is -0.581. The van der Waals surface area contributed by atoms with Crippen LogP contribution in [0.4, 0.5) is 5.69 Å². The molecule has 0 spiro atoms.